The Labute approximate surface area is 186 Å². The van der Waals surface area contributed by atoms with Gasteiger partial charge in [0, 0.05) is 16.8 Å². The molecule has 0 aliphatic heterocycles. The molecule has 156 valence electrons. The number of benzene rings is 3. The summed E-state index contributed by atoms with van der Waals surface area (Å²) < 4.78 is 0. The van der Waals surface area contributed by atoms with Crippen LogP contribution in [0.25, 0.3) is 16.7 Å². The molecule has 0 spiro atoms. The first-order valence-corrected chi connectivity index (χ1v) is 11.0. The van der Waals surface area contributed by atoms with Crippen LogP contribution in [0.4, 0.5) is 11.4 Å². The van der Waals surface area contributed by atoms with Crippen LogP contribution in [0.2, 0.25) is 0 Å². The average molecular weight is 406 g/mol. The first-order valence-electron chi connectivity index (χ1n) is 11.0. The molecule has 0 fully saturated rings. The fourth-order valence-electron chi connectivity index (χ4n) is 4.74. The molecule has 1 aliphatic carbocycles. The van der Waals surface area contributed by atoms with Crippen LogP contribution in [0.3, 0.4) is 0 Å². The first kappa shape index (κ1) is 20.9. The topological polar surface area (TPSA) is 12.0 Å². The van der Waals surface area contributed by atoms with Gasteiger partial charge in [-0.3, -0.25) is 0 Å². The third-order valence-electron chi connectivity index (χ3n) is 6.54. The van der Waals surface area contributed by atoms with Crippen molar-refractivity contribution >= 4 is 16.9 Å². The largest absolute Gasteiger partial charge is 0.356 e. The van der Waals surface area contributed by atoms with Gasteiger partial charge in [-0.1, -0.05) is 76.4 Å². The maximum absolute atomic E-state index is 3.97. The molecule has 1 N–H and O–H groups in total. The number of nitrogens with one attached hydrogen (secondary N) is 1. The van der Waals surface area contributed by atoms with Gasteiger partial charge in [0.05, 0.1) is 0 Å². The Hall–Kier alpha value is -3.32. The van der Waals surface area contributed by atoms with E-state index in [2.05, 4.69) is 101 Å². The number of rotatable bonds is 6. The van der Waals surface area contributed by atoms with Gasteiger partial charge in [0.1, 0.15) is 0 Å². The second-order valence-electron chi connectivity index (χ2n) is 8.83. The fraction of sp³-hybridized carbons (Fsp3) is 0.200. The molecular formula is C30H31N. The molecule has 1 aliphatic rings. The molecule has 0 saturated carbocycles. The average Bonchev–Trinajstić information content (AvgIpc) is 2.98. The predicted octanol–water partition coefficient (Wildman–Crippen LogP) is 8.36. The molecule has 3 aromatic carbocycles. The number of allylic oxidation sites excluding steroid dienone is 4. The van der Waals surface area contributed by atoms with Gasteiger partial charge in [-0.25, -0.2) is 0 Å². The van der Waals surface area contributed by atoms with Gasteiger partial charge in [-0.15, -0.1) is 0 Å². The number of aryl methyl sites for hydroxylation is 2. The summed E-state index contributed by atoms with van der Waals surface area (Å²) in [6.45, 7) is 16.8. The van der Waals surface area contributed by atoms with Gasteiger partial charge in [-0.2, -0.15) is 0 Å². The van der Waals surface area contributed by atoms with Crippen molar-refractivity contribution in [1.82, 2.24) is 0 Å². The Kier molecular flexibility index (Phi) is 5.45. The Morgan fingerprint density at radius 1 is 0.903 bits per heavy atom. The minimum absolute atomic E-state index is 0.0686. The van der Waals surface area contributed by atoms with Crippen LogP contribution < -0.4 is 5.32 Å². The van der Waals surface area contributed by atoms with Gasteiger partial charge in [0.2, 0.25) is 0 Å². The van der Waals surface area contributed by atoms with Crippen molar-refractivity contribution in [2.75, 3.05) is 5.32 Å². The lowest BCUT2D eigenvalue weighted by Crippen LogP contribution is -2.15. The van der Waals surface area contributed by atoms with Crippen molar-refractivity contribution in [2.24, 2.45) is 0 Å². The summed E-state index contributed by atoms with van der Waals surface area (Å²) in [6.07, 6.45) is 6.79. The van der Waals surface area contributed by atoms with Crippen LogP contribution in [-0.4, -0.2) is 0 Å². The van der Waals surface area contributed by atoms with Crippen molar-refractivity contribution < 1.29 is 0 Å². The van der Waals surface area contributed by atoms with Crippen molar-refractivity contribution in [3.8, 4) is 11.1 Å². The van der Waals surface area contributed by atoms with Gasteiger partial charge >= 0.3 is 0 Å². The molecule has 0 radical (unpaired) electrons. The maximum Gasteiger partial charge on any atom is 0.0387 e. The Balaban J connectivity index is 1.72. The molecule has 0 unspecified atom stereocenters. The van der Waals surface area contributed by atoms with E-state index in [1.54, 1.807) is 0 Å². The van der Waals surface area contributed by atoms with Gasteiger partial charge in [0.15, 0.2) is 0 Å². The first-order chi connectivity index (χ1) is 14.9. The maximum atomic E-state index is 3.97. The van der Waals surface area contributed by atoms with E-state index in [1.807, 2.05) is 18.2 Å². The second kappa shape index (κ2) is 8.07. The minimum Gasteiger partial charge on any atom is -0.356 e. The standard InChI is InChI=1S/C30H31N/c1-7-10-22(9-3)23-12-15-26-27-16-14-25(19-29(27)30(5,6)28(26)18-23)31-24-13-11-21(8-2)20(4)17-24/h7,9-19,31H,1,3,8H2,2,4-6H3/b22-10+. The molecule has 1 heteroatoms. The van der Waals surface area contributed by atoms with Crippen molar-refractivity contribution in [1.29, 1.82) is 0 Å². The Morgan fingerprint density at radius 3 is 2.19 bits per heavy atom. The summed E-state index contributed by atoms with van der Waals surface area (Å²) in [5, 5.41) is 3.61. The lowest BCUT2D eigenvalue weighted by Gasteiger charge is -2.23. The number of hydrogen-bond acceptors (Lipinski definition) is 1. The summed E-state index contributed by atoms with van der Waals surface area (Å²) in [4.78, 5) is 0. The normalized spacial score (nSPS) is 14.0. The van der Waals surface area contributed by atoms with Crippen molar-refractivity contribution in [2.45, 2.75) is 39.5 Å². The summed E-state index contributed by atoms with van der Waals surface area (Å²) in [7, 11) is 0. The molecule has 0 bridgehead atoms. The highest BCUT2D eigenvalue weighted by Crippen LogP contribution is 2.50. The van der Waals surface area contributed by atoms with E-state index in [0.717, 1.165) is 23.4 Å². The third-order valence-corrected chi connectivity index (χ3v) is 6.54. The Morgan fingerprint density at radius 2 is 1.55 bits per heavy atom. The molecule has 3 aromatic rings. The molecule has 0 aromatic heterocycles. The Bertz CT molecular complexity index is 1210. The lowest BCUT2D eigenvalue weighted by molar-refractivity contribution is 0.660. The fourth-order valence-corrected chi connectivity index (χ4v) is 4.74. The molecular weight excluding hydrogens is 374 g/mol. The summed E-state index contributed by atoms with van der Waals surface area (Å²) in [5.74, 6) is 0. The molecule has 4 rings (SSSR count). The predicted molar refractivity (Wildman–Crippen MR) is 136 cm³/mol. The van der Waals surface area contributed by atoms with E-state index in [4.69, 9.17) is 0 Å². The quantitative estimate of drug-likeness (QED) is 0.406. The van der Waals surface area contributed by atoms with E-state index in [0.29, 0.717) is 0 Å². The van der Waals surface area contributed by atoms with Crippen molar-refractivity contribution in [3.63, 3.8) is 0 Å². The highest BCUT2D eigenvalue weighted by Gasteiger charge is 2.35. The van der Waals surface area contributed by atoms with Crippen LogP contribution in [0.15, 0.2) is 86.0 Å². The van der Waals surface area contributed by atoms with E-state index in [1.165, 1.54) is 38.9 Å². The van der Waals surface area contributed by atoms with Gasteiger partial charge in [-0.05, 0) is 88.2 Å². The monoisotopic (exact) mass is 405 g/mol. The van der Waals surface area contributed by atoms with Crippen LogP contribution >= 0.6 is 0 Å². The molecule has 0 saturated heterocycles. The molecule has 0 amide bonds. The van der Waals surface area contributed by atoms with E-state index < -0.39 is 0 Å². The zero-order valence-corrected chi connectivity index (χ0v) is 19.0. The second-order valence-corrected chi connectivity index (χ2v) is 8.83. The van der Waals surface area contributed by atoms with Crippen molar-refractivity contribution in [3.05, 3.63) is 114 Å². The number of hydrogen-bond donors (Lipinski definition) is 1. The summed E-state index contributed by atoms with van der Waals surface area (Å²) >= 11 is 0. The SMILES string of the molecule is C=C/C=C(\C=C)c1ccc2c(c1)C(C)(C)c1cc(Nc3ccc(CC)c(C)c3)ccc1-2. The van der Waals surface area contributed by atoms with Gasteiger partial charge in [0.25, 0.3) is 0 Å². The van der Waals surface area contributed by atoms with E-state index >= 15 is 0 Å². The number of anilines is 2. The van der Waals surface area contributed by atoms with E-state index in [-0.39, 0.29) is 5.41 Å². The van der Waals surface area contributed by atoms with Crippen LogP contribution in [0.1, 0.15) is 48.6 Å². The molecule has 31 heavy (non-hydrogen) atoms. The highest BCUT2D eigenvalue weighted by atomic mass is 14.9. The molecule has 0 atom stereocenters. The smallest absolute Gasteiger partial charge is 0.0387 e. The highest BCUT2D eigenvalue weighted by molar-refractivity contribution is 5.86. The zero-order valence-electron chi connectivity index (χ0n) is 19.0. The van der Waals surface area contributed by atoms with E-state index in [9.17, 15) is 0 Å². The van der Waals surface area contributed by atoms with Gasteiger partial charge < -0.3 is 5.32 Å². The summed E-state index contributed by atoms with van der Waals surface area (Å²) in [6, 6.07) is 20.1. The zero-order chi connectivity index (χ0) is 22.2. The minimum atomic E-state index is -0.0686. The van der Waals surface area contributed by atoms with Crippen LogP contribution in [0.5, 0.6) is 0 Å². The van der Waals surface area contributed by atoms with Crippen LogP contribution in [0, 0.1) is 6.92 Å². The number of fused-ring (bicyclic) bond motifs is 3. The van der Waals surface area contributed by atoms with Crippen LogP contribution in [-0.2, 0) is 11.8 Å². The summed E-state index contributed by atoms with van der Waals surface area (Å²) in [5.41, 5.74) is 12.6. The molecule has 1 nitrogen and oxygen atoms in total. The third kappa shape index (κ3) is 3.65. The lowest BCUT2D eigenvalue weighted by atomic mass is 9.81. The molecule has 0 heterocycles.